The summed E-state index contributed by atoms with van der Waals surface area (Å²) >= 11 is 0. The Balaban J connectivity index is 1.99. The summed E-state index contributed by atoms with van der Waals surface area (Å²) in [4.78, 5) is 25.0. The predicted molar refractivity (Wildman–Crippen MR) is 100 cm³/mol. The minimum Gasteiger partial charge on any atom is -0.378 e. The average molecular weight is 388 g/mol. The van der Waals surface area contributed by atoms with E-state index in [4.69, 9.17) is 9.92 Å². The van der Waals surface area contributed by atoms with Crippen LogP contribution in [0.15, 0.2) is 41.3 Å². The van der Waals surface area contributed by atoms with E-state index in [-0.39, 0.29) is 28.2 Å². The van der Waals surface area contributed by atoms with Crippen molar-refractivity contribution in [2.75, 3.05) is 4.90 Å². The van der Waals surface area contributed by atoms with Crippen molar-refractivity contribution in [2.24, 2.45) is 5.73 Å². The molecule has 3 rings (SSSR count). The molecule has 0 fully saturated rings. The molecule has 2 aromatic rings. The number of amides is 2. The van der Waals surface area contributed by atoms with E-state index in [0.717, 1.165) is 11.1 Å². The Bertz CT molecular complexity index is 1050. The minimum atomic E-state index is -4.17. The molecule has 1 aliphatic heterocycles. The van der Waals surface area contributed by atoms with Gasteiger partial charge in [-0.3, -0.25) is 9.59 Å². The van der Waals surface area contributed by atoms with Crippen LogP contribution >= 0.6 is 0 Å². The fourth-order valence-electron chi connectivity index (χ4n) is 3.31. The van der Waals surface area contributed by atoms with Gasteiger partial charge in [-0.05, 0) is 61.7 Å². The SMILES string of the molecule is CC(=O)N1c2ccc(S(=O)(=O)Oc3cc(C)ccc3C(N)=O)cc2C[C@@H]1C. The summed E-state index contributed by atoms with van der Waals surface area (Å²) in [5, 5.41) is 0. The van der Waals surface area contributed by atoms with Crippen molar-refractivity contribution in [2.45, 2.75) is 38.1 Å². The fourth-order valence-corrected chi connectivity index (χ4v) is 4.30. The second-order valence-corrected chi connectivity index (χ2v) is 8.18. The Kier molecular flexibility index (Phi) is 4.69. The summed E-state index contributed by atoms with van der Waals surface area (Å²) in [5.41, 5.74) is 7.47. The molecule has 7 nitrogen and oxygen atoms in total. The molecule has 1 heterocycles. The average Bonchev–Trinajstić information content (AvgIpc) is 2.89. The lowest BCUT2D eigenvalue weighted by Gasteiger charge is -2.20. The molecule has 1 aliphatic rings. The van der Waals surface area contributed by atoms with Gasteiger partial charge in [-0.2, -0.15) is 8.42 Å². The summed E-state index contributed by atoms with van der Waals surface area (Å²) in [6.45, 7) is 5.12. The summed E-state index contributed by atoms with van der Waals surface area (Å²) in [6.07, 6.45) is 0.551. The number of primary amides is 1. The monoisotopic (exact) mass is 388 g/mol. The third-order valence-electron chi connectivity index (χ3n) is 4.50. The standard InChI is InChI=1S/C19H20N2O5S/c1-11-4-6-16(19(20)23)18(8-11)26-27(24,25)15-5-7-17-14(10-15)9-12(2)21(17)13(3)22/h4-8,10,12H,9H2,1-3H3,(H2,20,23)/t12-/m0/s1. The van der Waals surface area contributed by atoms with Gasteiger partial charge in [0.1, 0.15) is 4.90 Å². The number of nitrogens with zero attached hydrogens (tertiary/aromatic N) is 1. The van der Waals surface area contributed by atoms with Crippen molar-refractivity contribution in [1.82, 2.24) is 0 Å². The number of fused-ring (bicyclic) bond motifs is 1. The zero-order valence-corrected chi connectivity index (χ0v) is 16.0. The molecule has 2 amide bonds. The maximum absolute atomic E-state index is 12.7. The number of anilines is 1. The zero-order chi connectivity index (χ0) is 19.9. The Morgan fingerprint density at radius 2 is 1.89 bits per heavy atom. The van der Waals surface area contributed by atoms with Gasteiger partial charge in [-0.1, -0.05) is 6.07 Å². The molecular weight excluding hydrogens is 368 g/mol. The van der Waals surface area contributed by atoms with E-state index in [1.54, 1.807) is 24.0 Å². The molecular formula is C19H20N2O5S. The molecule has 0 radical (unpaired) electrons. The van der Waals surface area contributed by atoms with E-state index in [1.807, 2.05) is 6.92 Å². The number of hydrogen-bond acceptors (Lipinski definition) is 5. The number of carbonyl (C=O) groups is 2. The first-order valence-electron chi connectivity index (χ1n) is 8.38. The number of carbonyl (C=O) groups excluding carboxylic acids is 2. The molecule has 0 saturated heterocycles. The number of nitrogens with two attached hydrogens (primary N) is 1. The summed E-state index contributed by atoms with van der Waals surface area (Å²) < 4.78 is 30.7. The highest BCUT2D eigenvalue weighted by molar-refractivity contribution is 7.87. The highest BCUT2D eigenvalue weighted by atomic mass is 32.2. The van der Waals surface area contributed by atoms with Gasteiger partial charge in [0.2, 0.25) is 5.91 Å². The molecule has 2 N–H and O–H groups in total. The smallest absolute Gasteiger partial charge is 0.339 e. The van der Waals surface area contributed by atoms with Crippen molar-refractivity contribution in [3.63, 3.8) is 0 Å². The van der Waals surface area contributed by atoms with Crippen LogP contribution in [0.3, 0.4) is 0 Å². The molecule has 2 aromatic carbocycles. The van der Waals surface area contributed by atoms with Gasteiger partial charge in [-0.25, -0.2) is 0 Å². The van der Waals surface area contributed by atoms with Gasteiger partial charge in [0, 0.05) is 18.7 Å². The second-order valence-electron chi connectivity index (χ2n) is 6.63. The third-order valence-corrected chi connectivity index (χ3v) is 5.73. The molecule has 0 aromatic heterocycles. The topological polar surface area (TPSA) is 107 Å². The molecule has 8 heteroatoms. The molecule has 0 bridgehead atoms. The van der Waals surface area contributed by atoms with Gasteiger partial charge in [0.05, 0.1) is 5.56 Å². The van der Waals surface area contributed by atoms with Gasteiger partial charge in [0.25, 0.3) is 5.91 Å². The van der Waals surface area contributed by atoms with Crippen molar-refractivity contribution >= 4 is 27.6 Å². The highest BCUT2D eigenvalue weighted by Crippen LogP contribution is 2.34. The largest absolute Gasteiger partial charge is 0.378 e. The Morgan fingerprint density at radius 3 is 2.52 bits per heavy atom. The van der Waals surface area contributed by atoms with Crippen LogP contribution in [0.2, 0.25) is 0 Å². The van der Waals surface area contributed by atoms with E-state index in [0.29, 0.717) is 12.1 Å². The lowest BCUT2D eigenvalue weighted by atomic mass is 10.1. The zero-order valence-electron chi connectivity index (χ0n) is 15.2. The Morgan fingerprint density at radius 1 is 1.19 bits per heavy atom. The van der Waals surface area contributed by atoms with Crippen molar-refractivity contribution < 1.29 is 22.2 Å². The van der Waals surface area contributed by atoms with Crippen LogP contribution in [0.4, 0.5) is 5.69 Å². The van der Waals surface area contributed by atoms with Crippen LogP contribution in [0.1, 0.15) is 35.3 Å². The molecule has 0 aliphatic carbocycles. The van der Waals surface area contributed by atoms with Gasteiger partial charge in [0.15, 0.2) is 5.75 Å². The lowest BCUT2D eigenvalue weighted by molar-refractivity contribution is -0.116. The van der Waals surface area contributed by atoms with Crippen LogP contribution in [0.5, 0.6) is 5.75 Å². The quantitative estimate of drug-likeness (QED) is 0.808. The first-order chi connectivity index (χ1) is 12.6. The third kappa shape index (κ3) is 3.52. The predicted octanol–water partition coefficient (Wildman–Crippen LogP) is 2.16. The normalized spacial score (nSPS) is 16.1. The number of rotatable bonds is 4. The van der Waals surface area contributed by atoms with Crippen LogP contribution in [-0.4, -0.2) is 26.3 Å². The molecule has 0 spiro atoms. The van der Waals surface area contributed by atoms with Crippen molar-refractivity contribution in [1.29, 1.82) is 0 Å². The maximum atomic E-state index is 12.7. The summed E-state index contributed by atoms with van der Waals surface area (Å²) in [7, 11) is -4.17. The van der Waals surface area contributed by atoms with E-state index < -0.39 is 16.0 Å². The van der Waals surface area contributed by atoms with Gasteiger partial charge >= 0.3 is 10.1 Å². The van der Waals surface area contributed by atoms with Crippen LogP contribution in [-0.2, 0) is 21.3 Å². The fraction of sp³-hybridized carbons (Fsp3) is 0.263. The summed E-state index contributed by atoms with van der Waals surface area (Å²) in [6, 6.07) is 8.97. The van der Waals surface area contributed by atoms with Crippen LogP contribution in [0.25, 0.3) is 0 Å². The van der Waals surface area contributed by atoms with Gasteiger partial charge < -0.3 is 14.8 Å². The number of benzene rings is 2. The Labute approximate surface area is 157 Å². The molecule has 27 heavy (non-hydrogen) atoms. The number of hydrogen-bond donors (Lipinski definition) is 1. The molecule has 1 atom stereocenters. The van der Waals surface area contributed by atoms with E-state index in [2.05, 4.69) is 0 Å². The lowest BCUT2D eigenvalue weighted by Crippen LogP contribution is -2.33. The molecule has 0 saturated carbocycles. The molecule has 0 unspecified atom stereocenters. The molecule has 142 valence electrons. The van der Waals surface area contributed by atoms with E-state index >= 15 is 0 Å². The number of aryl methyl sites for hydroxylation is 1. The highest BCUT2D eigenvalue weighted by Gasteiger charge is 2.31. The first-order valence-corrected chi connectivity index (χ1v) is 9.78. The second kappa shape index (κ2) is 6.70. The van der Waals surface area contributed by atoms with E-state index in [9.17, 15) is 18.0 Å². The van der Waals surface area contributed by atoms with E-state index in [1.165, 1.54) is 31.2 Å². The van der Waals surface area contributed by atoms with Crippen LogP contribution in [0, 0.1) is 6.92 Å². The van der Waals surface area contributed by atoms with Crippen molar-refractivity contribution in [3.05, 3.63) is 53.1 Å². The van der Waals surface area contributed by atoms with Crippen molar-refractivity contribution in [3.8, 4) is 5.75 Å². The Hall–Kier alpha value is -2.87. The first kappa shape index (κ1) is 18.9. The van der Waals surface area contributed by atoms with Gasteiger partial charge in [-0.15, -0.1) is 0 Å². The maximum Gasteiger partial charge on any atom is 0.339 e. The summed E-state index contributed by atoms with van der Waals surface area (Å²) in [5.74, 6) is -0.985. The van der Waals surface area contributed by atoms with Crippen LogP contribution < -0.4 is 14.8 Å². The minimum absolute atomic E-state index is 0.0123.